The molecule has 0 unspecified atom stereocenters. The summed E-state index contributed by atoms with van der Waals surface area (Å²) in [5.41, 5.74) is 0. The molecule has 0 aromatic rings. The Morgan fingerprint density at radius 1 is 0.242 bits per heavy atom. The number of hydrogen-bond acceptors (Lipinski definition) is 3. The van der Waals surface area contributed by atoms with E-state index in [0.717, 1.165) is 0 Å². The number of nitrogens with zero attached hydrogens (tertiary/aromatic N) is 3. The molecule has 0 aromatic carbocycles. The van der Waals surface area contributed by atoms with Crippen molar-refractivity contribution in [2.75, 3.05) is 58.9 Å². The first-order valence-corrected chi connectivity index (χ1v) is 15.4. The minimum atomic E-state index is 1.27. The summed E-state index contributed by atoms with van der Waals surface area (Å²) in [6.07, 6.45) is 22.2. The number of unbranched alkanes of at least 4 members (excludes halogenated alkanes) is 9. The highest BCUT2D eigenvalue weighted by molar-refractivity contribution is 4.65. The predicted octanol–water partition coefficient (Wildman–Crippen LogP) is 8.23. The van der Waals surface area contributed by atoms with E-state index in [2.05, 4.69) is 49.3 Å². The molecule has 3 heteroatoms. The average molecular weight is 468 g/mol. The van der Waals surface area contributed by atoms with E-state index in [9.17, 15) is 0 Å². The van der Waals surface area contributed by atoms with Crippen LogP contribution in [0.2, 0.25) is 0 Å². The maximum atomic E-state index is 2.80. The first-order valence-electron chi connectivity index (χ1n) is 15.4. The average Bonchev–Trinajstić information content (AvgIpc) is 2.80. The third-order valence-electron chi connectivity index (χ3n) is 6.88. The van der Waals surface area contributed by atoms with Gasteiger partial charge >= 0.3 is 0 Å². The van der Waals surface area contributed by atoms with Gasteiger partial charge in [0.1, 0.15) is 0 Å². The summed E-state index contributed by atoms with van der Waals surface area (Å²) in [4.78, 5) is 8.17. The van der Waals surface area contributed by atoms with E-state index in [1.165, 1.54) is 162 Å². The zero-order valence-electron chi connectivity index (χ0n) is 24.0. The van der Waals surface area contributed by atoms with E-state index in [1.807, 2.05) is 0 Å². The molecule has 0 bridgehead atoms. The van der Waals surface area contributed by atoms with E-state index >= 15 is 0 Å². The van der Waals surface area contributed by atoms with E-state index in [4.69, 9.17) is 0 Å². The third kappa shape index (κ3) is 22.1. The summed E-state index contributed by atoms with van der Waals surface area (Å²) in [6.45, 7) is 23.2. The van der Waals surface area contributed by atoms with Crippen LogP contribution < -0.4 is 0 Å². The molecule has 0 saturated heterocycles. The molecular weight excluding hydrogens is 402 g/mol. The van der Waals surface area contributed by atoms with Gasteiger partial charge in [0.25, 0.3) is 0 Å². The molecule has 0 heterocycles. The molecule has 3 nitrogen and oxygen atoms in total. The maximum absolute atomic E-state index is 2.80. The van der Waals surface area contributed by atoms with Gasteiger partial charge in [-0.3, -0.25) is 0 Å². The minimum Gasteiger partial charge on any atom is -0.303 e. The zero-order chi connectivity index (χ0) is 24.4. The normalized spacial score (nSPS) is 12.0. The molecular formula is C30H65N3. The highest BCUT2D eigenvalue weighted by Crippen LogP contribution is 2.11. The molecule has 0 fully saturated rings. The minimum absolute atomic E-state index is 1.27. The molecule has 0 rings (SSSR count). The van der Waals surface area contributed by atoms with E-state index in [0.29, 0.717) is 0 Å². The lowest BCUT2D eigenvalue weighted by Gasteiger charge is -2.27. The second kappa shape index (κ2) is 26.5. The number of hydrogen-bond donors (Lipinski definition) is 0. The van der Waals surface area contributed by atoms with Crippen LogP contribution in [0.1, 0.15) is 137 Å². The Hall–Kier alpha value is -0.120. The van der Waals surface area contributed by atoms with Gasteiger partial charge in [-0.1, -0.05) is 92.4 Å². The SMILES string of the molecule is CCCCCCCCCCCCN(CCCN(CCC)CCC)CCCN(CCC)CCC. The Morgan fingerprint density at radius 3 is 0.848 bits per heavy atom. The van der Waals surface area contributed by atoms with Crippen molar-refractivity contribution in [3.8, 4) is 0 Å². The van der Waals surface area contributed by atoms with Crippen LogP contribution in [-0.2, 0) is 0 Å². The molecule has 0 N–H and O–H groups in total. The van der Waals surface area contributed by atoms with Crippen molar-refractivity contribution in [1.82, 2.24) is 14.7 Å². The molecule has 0 aliphatic heterocycles. The molecule has 0 aromatic heterocycles. The second-order valence-corrected chi connectivity index (χ2v) is 10.4. The van der Waals surface area contributed by atoms with Crippen molar-refractivity contribution in [3.05, 3.63) is 0 Å². The van der Waals surface area contributed by atoms with Gasteiger partial charge < -0.3 is 14.7 Å². The fourth-order valence-corrected chi connectivity index (χ4v) is 5.13. The van der Waals surface area contributed by atoms with Crippen molar-refractivity contribution < 1.29 is 0 Å². The van der Waals surface area contributed by atoms with Gasteiger partial charge in [0.05, 0.1) is 0 Å². The van der Waals surface area contributed by atoms with Crippen LogP contribution in [0.15, 0.2) is 0 Å². The highest BCUT2D eigenvalue weighted by atomic mass is 15.2. The van der Waals surface area contributed by atoms with Gasteiger partial charge in [-0.2, -0.15) is 0 Å². The first kappa shape index (κ1) is 32.9. The molecule has 0 aliphatic rings. The van der Waals surface area contributed by atoms with Crippen LogP contribution >= 0.6 is 0 Å². The maximum Gasteiger partial charge on any atom is -0.000654 e. The van der Waals surface area contributed by atoms with Crippen LogP contribution in [-0.4, -0.2) is 73.6 Å². The van der Waals surface area contributed by atoms with Crippen LogP contribution in [0.5, 0.6) is 0 Å². The van der Waals surface area contributed by atoms with Crippen LogP contribution in [0.25, 0.3) is 0 Å². The Labute approximate surface area is 211 Å². The molecule has 0 radical (unpaired) electrons. The summed E-state index contributed by atoms with van der Waals surface area (Å²) in [6, 6.07) is 0. The lowest BCUT2D eigenvalue weighted by molar-refractivity contribution is 0.205. The van der Waals surface area contributed by atoms with Gasteiger partial charge in [0.15, 0.2) is 0 Å². The fourth-order valence-electron chi connectivity index (χ4n) is 5.13. The van der Waals surface area contributed by atoms with Crippen molar-refractivity contribution in [3.63, 3.8) is 0 Å². The monoisotopic (exact) mass is 468 g/mol. The summed E-state index contributed by atoms with van der Waals surface area (Å²) in [5.74, 6) is 0. The molecule has 0 atom stereocenters. The summed E-state index contributed by atoms with van der Waals surface area (Å²) >= 11 is 0. The van der Waals surface area contributed by atoms with Crippen LogP contribution in [0, 0.1) is 0 Å². The Bertz CT molecular complexity index is 326. The highest BCUT2D eigenvalue weighted by Gasteiger charge is 2.09. The Morgan fingerprint density at radius 2 is 0.515 bits per heavy atom. The van der Waals surface area contributed by atoms with Crippen molar-refractivity contribution in [2.45, 2.75) is 137 Å². The lowest BCUT2D eigenvalue weighted by Crippen LogP contribution is -2.34. The standard InChI is InChI=1S/C30H65N3/c1-6-11-12-13-14-15-16-17-18-19-26-33(29-20-27-31(22-7-2)23-8-3)30-21-28-32(24-9-4)25-10-5/h6-30H2,1-5H3. The second-order valence-electron chi connectivity index (χ2n) is 10.4. The van der Waals surface area contributed by atoms with Gasteiger partial charge in [-0.15, -0.1) is 0 Å². The summed E-state index contributed by atoms with van der Waals surface area (Å²) < 4.78 is 0. The molecule has 0 saturated carbocycles. The number of rotatable bonds is 27. The topological polar surface area (TPSA) is 9.72 Å². The van der Waals surface area contributed by atoms with Gasteiger partial charge in [-0.25, -0.2) is 0 Å². The van der Waals surface area contributed by atoms with Gasteiger partial charge in [0, 0.05) is 0 Å². The first-order chi connectivity index (χ1) is 16.2. The fraction of sp³-hybridized carbons (Fsp3) is 1.00. The van der Waals surface area contributed by atoms with Crippen molar-refractivity contribution in [1.29, 1.82) is 0 Å². The zero-order valence-corrected chi connectivity index (χ0v) is 24.0. The third-order valence-corrected chi connectivity index (χ3v) is 6.88. The van der Waals surface area contributed by atoms with Crippen molar-refractivity contribution >= 4 is 0 Å². The largest absolute Gasteiger partial charge is 0.303 e. The van der Waals surface area contributed by atoms with E-state index < -0.39 is 0 Å². The summed E-state index contributed by atoms with van der Waals surface area (Å²) in [5, 5.41) is 0. The molecule has 200 valence electrons. The van der Waals surface area contributed by atoms with Gasteiger partial charge in [-0.05, 0) is 104 Å². The van der Waals surface area contributed by atoms with E-state index in [-0.39, 0.29) is 0 Å². The molecule has 0 spiro atoms. The van der Waals surface area contributed by atoms with Crippen molar-refractivity contribution in [2.24, 2.45) is 0 Å². The predicted molar refractivity (Wildman–Crippen MR) is 152 cm³/mol. The summed E-state index contributed by atoms with van der Waals surface area (Å²) in [7, 11) is 0. The van der Waals surface area contributed by atoms with Crippen LogP contribution in [0.3, 0.4) is 0 Å². The van der Waals surface area contributed by atoms with Crippen LogP contribution in [0.4, 0.5) is 0 Å². The smallest absolute Gasteiger partial charge is 0.000654 e. The Kier molecular flexibility index (Phi) is 26.4. The van der Waals surface area contributed by atoms with Gasteiger partial charge in [0.2, 0.25) is 0 Å². The lowest BCUT2D eigenvalue weighted by atomic mass is 10.1. The molecule has 0 amide bonds. The Balaban J connectivity index is 4.24. The molecule has 0 aliphatic carbocycles. The quantitative estimate of drug-likeness (QED) is 0.113. The molecule has 33 heavy (non-hydrogen) atoms. The van der Waals surface area contributed by atoms with E-state index in [1.54, 1.807) is 0 Å².